The first kappa shape index (κ1) is 22.6. The van der Waals surface area contributed by atoms with Crippen LogP contribution in [0, 0.1) is 0 Å². The fourth-order valence-electron chi connectivity index (χ4n) is 4.60. The largest absolute Gasteiger partial charge is 0.496 e. The maximum Gasteiger partial charge on any atom is 0.387 e. The van der Waals surface area contributed by atoms with E-state index in [4.69, 9.17) is 9.47 Å². The quantitative estimate of drug-likeness (QED) is 0.557. The molecule has 3 aromatic rings. The third-order valence-electron chi connectivity index (χ3n) is 6.66. The molecule has 1 N–H and O–H groups in total. The van der Waals surface area contributed by atoms with Gasteiger partial charge in [0.1, 0.15) is 22.7 Å². The molecule has 0 radical (unpaired) electrons. The second kappa shape index (κ2) is 9.21. The Morgan fingerprint density at radius 1 is 1.15 bits per heavy atom. The number of amides is 1. The predicted octanol–water partition coefficient (Wildman–Crippen LogP) is 4.31. The molecule has 0 unspecified atom stereocenters. The number of pyridine rings is 1. The Morgan fingerprint density at radius 3 is 2.56 bits per heavy atom. The number of fused-ring (bicyclic) bond motifs is 1. The number of rotatable bonds is 7. The average Bonchev–Trinajstić information content (AvgIpc) is 3.53. The molecule has 2 aliphatic rings. The first-order chi connectivity index (χ1) is 16.4. The number of aromatic nitrogens is 2. The molecular formula is C25H28F2N4O3. The number of piperidine rings is 1. The molecule has 1 saturated heterocycles. The SMILES string of the molecule is COc1cc(-c2cnc3cc(C4CCN(C)CC4)ccn23)cc(OC(F)F)c1C(=O)NC1CC1. The molecule has 2 fully saturated rings. The Labute approximate surface area is 196 Å². The molecule has 3 heterocycles. The van der Waals surface area contributed by atoms with E-state index < -0.39 is 12.5 Å². The van der Waals surface area contributed by atoms with Gasteiger partial charge in [-0.15, -0.1) is 0 Å². The summed E-state index contributed by atoms with van der Waals surface area (Å²) >= 11 is 0. The number of methoxy groups -OCH3 is 1. The van der Waals surface area contributed by atoms with E-state index in [2.05, 4.69) is 34.4 Å². The fourth-order valence-corrected chi connectivity index (χ4v) is 4.60. The van der Waals surface area contributed by atoms with Gasteiger partial charge in [0.15, 0.2) is 0 Å². The molecule has 2 aromatic heterocycles. The minimum Gasteiger partial charge on any atom is -0.496 e. The summed E-state index contributed by atoms with van der Waals surface area (Å²) in [5.41, 5.74) is 3.25. The standard InChI is InChI=1S/C25H28F2N4O3/c1-30-8-5-15(6-9-30)16-7-10-31-19(14-28-22(31)13-16)17-11-20(33-2)23(21(12-17)34-25(26)27)24(32)29-18-3-4-18/h7,10-15,18,25H,3-6,8-9H2,1-2H3,(H,29,32). The molecule has 0 spiro atoms. The molecule has 34 heavy (non-hydrogen) atoms. The molecule has 1 aliphatic carbocycles. The minimum absolute atomic E-state index is 0.0307. The number of imidazole rings is 1. The molecule has 1 aromatic carbocycles. The van der Waals surface area contributed by atoms with Crippen LogP contribution in [0.2, 0.25) is 0 Å². The van der Waals surface area contributed by atoms with Crippen LogP contribution in [-0.4, -0.2) is 60.1 Å². The van der Waals surface area contributed by atoms with Crippen LogP contribution in [0.1, 0.15) is 47.5 Å². The van der Waals surface area contributed by atoms with Crippen molar-refractivity contribution >= 4 is 11.6 Å². The van der Waals surface area contributed by atoms with Crippen LogP contribution in [0.5, 0.6) is 11.5 Å². The summed E-state index contributed by atoms with van der Waals surface area (Å²) in [7, 11) is 3.54. The number of halogens is 2. The Balaban J connectivity index is 1.52. The van der Waals surface area contributed by atoms with Crippen LogP contribution in [0.3, 0.4) is 0 Å². The number of hydrogen-bond donors (Lipinski definition) is 1. The summed E-state index contributed by atoms with van der Waals surface area (Å²) in [4.78, 5) is 19.7. The molecule has 1 saturated carbocycles. The predicted molar refractivity (Wildman–Crippen MR) is 124 cm³/mol. The van der Waals surface area contributed by atoms with Gasteiger partial charge in [0, 0.05) is 17.8 Å². The zero-order valence-corrected chi connectivity index (χ0v) is 19.3. The van der Waals surface area contributed by atoms with Crippen molar-refractivity contribution in [2.75, 3.05) is 27.2 Å². The highest BCUT2D eigenvalue weighted by atomic mass is 19.3. The van der Waals surface area contributed by atoms with Crippen LogP contribution in [0.15, 0.2) is 36.7 Å². The highest BCUT2D eigenvalue weighted by molar-refractivity contribution is 6.01. The third kappa shape index (κ3) is 4.57. The van der Waals surface area contributed by atoms with Crippen molar-refractivity contribution in [3.63, 3.8) is 0 Å². The number of ether oxygens (including phenoxy) is 2. The molecule has 9 heteroatoms. The molecule has 0 atom stereocenters. The topological polar surface area (TPSA) is 68.1 Å². The minimum atomic E-state index is -3.08. The summed E-state index contributed by atoms with van der Waals surface area (Å²) in [5.74, 6) is -0.0381. The second-order valence-electron chi connectivity index (χ2n) is 9.09. The van der Waals surface area contributed by atoms with Crippen molar-refractivity contribution in [1.82, 2.24) is 19.6 Å². The molecular weight excluding hydrogens is 442 g/mol. The summed E-state index contributed by atoms with van der Waals surface area (Å²) < 4.78 is 38.6. The van der Waals surface area contributed by atoms with Crippen molar-refractivity contribution in [2.45, 2.75) is 44.3 Å². The molecule has 5 rings (SSSR count). The Kier molecular flexibility index (Phi) is 6.12. The van der Waals surface area contributed by atoms with Gasteiger partial charge in [0.25, 0.3) is 5.91 Å². The molecule has 180 valence electrons. The third-order valence-corrected chi connectivity index (χ3v) is 6.66. The van der Waals surface area contributed by atoms with Gasteiger partial charge >= 0.3 is 6.61 Å². The molecule has 0 bridgehead atoms. The lowest BCUT2D eigenvalue weighted by molar-refractivity contribution is -0.0502. The highest BCUT2D eigenvalue weighted by Gasteiger charge is 2.29. The van der Waals surface area contributed by atoms with Crippen LogP contribution < -0.4 is 14.8 Å². The van der Waals surface area contributed by atoms with Gasteiger partial charge in [-0.2, -0.15) is 8.78 Å². The van der Waals surface area contributed by atoms with Crippen molar-refractivity contribution < 1.29 is 23.0 Å². The lowest BCUT2D eigenvalue weighted by Crippen LogP contribution is -2.29. The van der Waals surface area contributed by atoms with Crippen LogP contribution in [-0.2, 0) is 0 Å². The first-order valence-corrected chi connectivity index (χ1v) is 11.6. The van der Waals surface area contributed by atoms with Gasteiger partial charge in [0.05, 0.1) is 19.0 Å². The van der Waals surface area contributed by atoms with E-state index in [1.165, 1.54) is 18.7 Å². The number of nitrogens with zero attached hydrogens (tertiary/aromatic N) is 3. The normalized spacial score (nSPS) is 17.3. The monoisotopic (exact) mass is 470 g/mol. The van der Waals surface area contributed by atoms with E-state index in [0.717, 1.165) is 44.4 Å². The highest BCUT2D eigenvalue weighted by Crippen LogP contribution is 2.37. The zero-order valence-electron chi connectivity index (χ0n) is 19.3. The lowest BCUT2D eigenvalue weighted by atomic mass is 9.90. The number of likely N-dealkylation sites (tertiary alicyclic amines) is 1. The van der Waals surface area contributed by atoms with Gasteiger partial charge in [-0.25, -0.2) is 4.98 Å². The Morgan fingerprint density at radius 2 is 1.88 bits per heavy atom. The van der Waals surface area contributed by atoms with E-state index >= 15 is 0 Å². The van der Waals surface area contributed by atoms with Gasteiger partial charge in [0.2, 0.25) is 0 Å². The van der Waals surface area contributed by atoms with Gasteiger partial charge < -0.3 is 19.7 Å². The van der Waals surface area contributed by atoms with E-state index in [9.17, 15) is 13.6 Å². The summed E-state index contributed by atoms with van der Waals surface area (Å²) in [5, 5.41) is 2.82. The second-order valence-corrected chi connectivity index (χ2v) is 9.09. The fraction of sp³-hybridized carbons (Fsp3) is 0.440. The van der Waals surface area contributed by atoms with Crippen molar-refractivity contribution in [1.29, 1.82) is 0 Å². The summed E-state index contributed by atoms with van der Waals surface area (Å²) in [6.45, 7) is -0.932. The van der Waals surface area contributed by atoms with E-state index in [1.54, 1.807) is 12.3 Å². The number of nitrogens with one attached hydrogen (secondary N) is 1. The van der Waals surface area contributed by atoms with Crippen molar-refractivity contribution in [2.24, 2.45) is 0 Å². The number of carbonyl (C=O) groups excluding carboxylic acids is 1. The van der Waals surface area contributed by atoms with E-state index in [0.29, 0.717) is 17.2 Å². The van der Waals surface area contributed by atoms with Crippen LogP contribution >= 0.6 is 0 Å². The molecule has 7 nitrogen and oxygen atoms in total. The number of hydrogen-bond acceptors (Lipinski definition) is 5. The Hall–Kier alpha value is -3.20. The van der Waals surface area contributed by atoms with Gasteiger partial charge in [-0.05, 0) is 81.6 Å². The van der Waals surface area contributed by atoms with Crippen LogP contribution in [0.25, 0.3) is 16.9 Å². The zero-order chi connectivity index (χ0) is 23.8. The van der Waals surface area contributed by atoms with E-state index in [-0.39, 0.29) is 23.1 Å². The smallest absolute Gasteiger partial charge is 0.387 e. The van der Waals surface area contributed by atoms with E-state index in [1.807, 2.05) is 10.6 Å². The number of alkyl halides is 2. The number of carbonyl (C=O) groups is 1. The first-order valence-electron chi connectivity index (χ1n) is 11.6. The molecule has 1 amide bonds. The maximum absolute atomic E-state index is 13.2. The summed E-state index contributed by atoms with van der Waals surface area (Å²) in [6, 6.07) is 7.36. The van der Waals surface area contributed by atoms with Crippen LogP contribution in [0.4, 0.5) is 8.78 Å². The lowest BCUT2D eigenvalue weighted by Gasteiger charge is -2.29. The van der Waals surface area contributed by atoms with Gasteiger partial charge in [-0.1, -0.05) is 0 Å². The van der Waals surface area contributed by atoms with Gasteiger partial charge in [-0.3, -0.25) is 9.20 Å². The van der Waals surface area contributed by atoms with Crippen molar-refractivity contribution in [3.05, 3.63) is 47.8 Å². The maximum atomic E-state index is 13.2. The Bertz CT molecular complexity index is 1200. The summed E-state index contributed by atoms with van der Waals surface area (Å²) in [6.07, 6.45) is 7.61. The average molecular weight is 471 g/mol. The molecule has 1 aliphatic heterocycles. The van der Waals surface area contributed by atoms with Crippen molar-refractivity contribution in [3.8, 4) is 22.8 Å². The number of benzene rings is 1.